The van der Waals surface area contributed by atoms with Crippen LogP contribution in [0.3, 0.4) is 0 Å². The number of allylic oxidation sites excluding steroid dienone is 1. The van der Waals surface area contributed by atoms with E-state index < -0.39 is 0 Å². The molecule has 0 amide bonds. The third kappa shape index (κ3) is 0.586. The van der Waals surface area contributed by atoms with Crippen LogP contribution in [0.5, 0.6) is 0 Å². The Morgan fingerprint density at radius 1 is 1.86 bits per heavy atom. The molecular formula is C3HN3O+. The van der Waals surface area contributed by atoms with Gasteiger partial charge in [0.1, 0.15) is 0 Å². The Balaban J connectivity index is 3.00. The lowest BCUT2D eigenvalue weighted by Gasteiger charge is -1.46. The summed E-state index contributed by atoms with van der Waals surface area (Å²) in [5, 5.41) is 9.65. The molecule has 4 nitrogen and oxygen atoms in total. The lowest BCUT2D eigenvalue weighted by molar-refractivity contribution is 0.567. The number of carbonyl (C=O) groups excluding carboxylic acids is 1. The SMILES string of the molecule is O=C=C1C=[N+]N=N1. The Kier molecular flexibility index (Phi) is 0.805. The molecule has 0 atom stereocenters. The molecule has 0 unspecified atom stereocenters. The molecule has 0 N–H and O–H groups in total. The molecule has 1 aliphatic heterocycles. The summed E-state index contributed by atoms with van der Waals surface area (Å²) in [6.45, 7) is 0. The lowest BCUT2D eigenvalue weighted by Crippen LogP contribution is -1.75. The van der Waals surface area contributed by atoms with Crippen LogP contribution in [-0.4, -0.2) is 12.2 Å². The van der Waals surface area contributed by atoms with Gasteiger partial charge >= 0.3 is 5.70 Å². The molecule has 1 heterocycles. The highest BCUT2D eigenvalue weighted by molar-refractivity contribution is 5.88. The number of rotatable bonds is 0. The summed E-state index contributed by atoms with van der Waals surface area (Å²) in [5.41, 5.74) is 0.153. The molecule has 1 aliphatic rings. The molecule has 0 aromatic heterocycles. The Bertz CT molecular complexity index is 161. The fourth-order valence-corrected chi connectivity index (χ4v) is 0.227. The molecular weight excluding hydrogens is 94.1 g/mol. The van der Waals surface area contributed by atoms with Crippen molar-refractivity contribution in [3.05, 3.63) is 5.70 Å². The fourth-order valence-electron chi connectivity index (χ4n) is 0.227. The molecule has 4 heteroatoms. The molecule has 1 rings (SSSR count). The van der Waals surface area contributed by atoms with Gasteiger partial charge in [-0.15, -0.1) is 0 Å². The molecule has 0 saturated heterocycles. The van der Waals surface area contributed by atoms with E-state index in [2.05, 4.69) is 15.4 Å². The van der Waals surface area contributed by atoms with Gasteiger partial charge in [-0.05, 0) is 0 Å². The van der Waals surface area contributed by atoms with E-state index in [-0.39, 0.29) is 5.70 Å². The first-order valence-electron chi connectivity index (χ1n) is 1.62. The minimum absolute atomic E-state index is 0.153. The van der Waals surface area contributed by atoms with Gasteiger partial charge in [-0.25, -0.2) is 4.79 Å². The van der Waals surface area contributed by atoms with Gasteiger partial charge in [0.25, 0.3) is 0 Å². The van der Waals surface area contributed by atoms with E-state index in [0.29, 0.717) is 0 Å². The molecule has 33 valence electrons. The highest BCUT2D eigenvalue weighted by atomic mass is 16.1. The molecule has 0 aliphatic carbocycles. The third-order valence-corrected chi connectivity index (χ3v) is 0.489. The smallest absolute Gasteiger partial charge is 0.228 e. The van der Waals surface area contributed by atoms with E-state index in [0.717, 1.165) is 0 Å². The van der Waals surface area contributed by atoms with Gasteiger partial charge in [0, 0.05) is 0 Å². The monoisotopic (exact) mass is 95.0 g/mol. The van der Waals surface area contributed by atoms with E-state index in [1.54, 1.807) is 0 Å². The summed E-state index contributed by atoms with van der Waals surface area (Å²) in [4.78, 5) is 9.60. The lowest BCUT2D eigenvalue weighted by atomic mass is 10.6. The Morgan fingerprint density at radius 3 is 3.00 bits per heavy atom. The van der Waals surface area contributed by atoms with Crippen LogP contribution in [0.2, 0.25) is 0 Å². The highest BCUT2D eigenvalue weighted by Gasteiger charge is 2.08. The van der Waals surface area contributed by atoms with Crippen LogP contribution >= 0.6 is 0 Å². The van der Waals surface area contributed by atoms with Crippen molar-refractivity contribution in [2.45, 2.75) is 0 Å². The molecule has 0 saturated carbocycles. The summed E-state index contributed by atoms with van der Waals surface area (Å²) in [5.74, 6) is 1.52. The molecule has 0 spiro atoms. The zero-order valence-corrected chi connectivity index (χ0v) is 3.33. The molecule has 7 heavy (non-hydrogen) atoms. The normalized spacial score (nSPS) is 15.1. The summed E-state index contributed by atoms with van der Waals surface area (Å²) in [6, 6.07) is 0. The molecule has 0 bridgehead atoms. The van der Waals surface area contributed by atoms with E-state index in [1.165, 1.54) is 12.2 Å². The molecule has 0 aromatic rings. The van der Waals surface area contributed by atoms with Gasteiger partial charge in [0.05, 0.1) is 10.2 Å². The number of hydrogen-bond donors (Lipinski definition) is 0. The fraction of sp³-hybridized carbons (Fsp3) is 0. The van der Waals surface area contributed by atoms with Gasteiger partial charge < -0.3 is 0 Å². The zero-order valence-electron chi connectivity index (χ0n) is 3.33. The minimum Gasteiger partial charge on any atom is -0.228 e. The molecule has 0 aromatic carbocycles. The van der Waals surface area contributed by atoms with Crippen molar-refractivity contribution < 1.29 is 4.79 Å². The quantitative estimate of drug-likeness (QED) is 0.374. The second-order valence-corrected chi connectivity index (χ2v) is 0.921. The predicted molar refractivity (Wildman–Crippen MR) is 22.3 cm³/mol. The Hall–Kier alpha value is -1.28. The van der Waals surface area contributed by atoms with E-state index in [1.807, 2.05) is 0 Å². The maximum absolute atomic E-state index is 9.60. The largest absolute Gasteiger partial charge is 0.331 e. The van der Waals surface area contributed by atoms with Crippen LogP contribution < -0.4 is 5.10 Å². The number of hydrogen-bond acceptors (Lipinski definition) is 4. The Labute approximate surface area is 39.2 Å². The van der Waals surface area contributed by atoms with Crippen LogP contribution in [-0.2, 0) is 4.79 Å². The second-order valence-electron chi connectivity index (χ2n) is 0.921. The van der Waals surface area contributed by atoms with E-state index >= 15 is 0 Å². The average molecular weight is 95.1 g/mol. The van der Waals surface area contributed by atoms with Crippen LogP contribution in [0, 0.1) is 0 Å². The first kappa shape index (κ1) is 3.89. The van der Waals surface area contributed by atoms with Crippen molar-refractivity contribution in [1.29, 1.82) is 0 Å². The first-order chi connectivity index (χ1) is 3.43. The predicted octanol–water partition coefficient (Wildman–Crippen LogP) is -0.511. The second kappa shape index (κ2) is 1.45. The summed E-state index contributed by atoms with van der Waals surface area (Å²) >= 11 is 0. The van der Waals surface area contributed by atoms with Gasteiger partial charge in [-0.3, -0.25) is 0 Å². The summed E-state index contributed by atoms with van der Waals surface area (Å²) in [7, 11) is 0. The standard InChI is InChI=1S/C3HN3O/c7-2-3-1-4-6-5-3/h1H/q+1. The van der Waals surface area contributed by atoms with Crippen molar-refractivity contribution >= 4 is 12.2 Å². The van der Waals surface area contributed by atoms with Crippen molar-refractivity contribution in [3.8, 4) is 0 Å². The van der Waals surface area contributed by atoms with Crippen LogP contribution in [0.15, 0.2) is 16.0 Å². The first-order valence-corrected chi connectivity index (χ1v) is 1.62. The summed E-state index contributed by atoms with van der Waals surface area (Å²) < 4.78 is 0. The molecule has 0 fully saturated rings. The van der Waals surface area contributed by atoms with Crippen LogP contribution in [0.4, 0.5) is 0 Å². The van der Waals surface area contributed by atoms with Crippen molar-refractivity contribution in [2.75, 3.05) is 0 Å². The maximum Gasteiger partial charge on any atom is 0.331 e. The van der Waals surface area contributed by atoms with Crippen molar-refractivity contribution in [1.82, 2.24) is 5.10 Å². The summed E-state index contributed by atoms with van der Waals surface area (Å²) in [6.07, 6.45) is 1.24. The van der Waals surface area contributed by atoms with Crippen LogP contribution in [0.25, 0.3) is 0 Å². The van der Waals surface area contributed by atoms with Crippen molar-refractivity contribution in [3.63, 3.8) is 0 Å². The van der Waals surface area contributed by atoms with E-state index in [4.69, 9.17) is 0 Å². The average Bonchev–Trinajstić information content (AvgIpc) is 2.14. The topological polar surface area (TPSA) is 55.9 Å². The van der Waals surface area contributed by atoms with Gasteiger partial charge in [-0.1, -0.05) is 0 Å². The third-order valence-electron chi connectivity index (χ3n) is 0.489. The highest BCUT2D eigenvalue weighted by Crippen LogP contribution is 1.88. The Morgan fingerprint density at radius 2 is 2.71 bits per heavy atom. The maximum atomic E-state index is 9.60. The van der Waals surface area contributed by atoms with Crippen LogP contribution in [0.1, 0.15) is 0 Å². The zero-order chi connectivity index (χ0) is 5.11. The minimum atomic E-state index is 0.153. The number of nitrogens with zero attached hydrogens (tertiary/aromatic N) is 3. The van der Waals surface area contributed by atoms with Gasteiger partial charge in [0.15, 0.2) is 11.2 Å². The van der Waals surface area contributed by atoms with Gasteiger partial charge in [-0.2, -0.15) is 0 Å². The van der Waals surface area contributed by atoms with Crippen molar-refractivity contribution in [2.24, 2.45) is 10.3 Å². The van der Waals surface area contributed by atoms with E-state index in [9.17, 15) is 4.79 Å². The molecule has 1 radical (unpaired) electrons. The van der Waals surface area contributed by atoms with Gasteiger partial charge in [0.2, 0.25) is 6.21 Å².